The van der Waals surface area contributed by atoms with E-state index in [1.807, 2.05) is 0 Å². The summed E-state index contributed by atoms with van der Waals surface area (Å²) < 4.78 is 17.1. The van der Waals surface area contributed by atoms with Gasteiger partial charge in [-0.2, -0.15) is 0 Å². The first-order valence-corrected chi connectivity index (χ1v) is 15.3. The Labute approximate surface area is 263 Å². The maximum Gasteiger partial charge on any atom is 0.358 e. The fourth-order valence-electron chi connectivity index (χ4n) is 6.80. The van der Waals surface area contributed by atoms with E-state index < -0.39 is 59.2 Å². The van der Waals surface area contributed by atoms with Crippen LogP contribution in [0.3, 0.4) is 0 Å². The first-order valence-electron chi connectivity index (χ1n) is 15.3. The Morgan fingerprint density at radius 2 is 1.50 bits per heavy atom. The molecule has 1 saturated carbocycles. The molecule has 0 radical (unpaired) electrons. The summed E-state index contributed by atoms with van der Waals surface area (Å²) >= 11 is 0. The number of aromatic hydroxyl groups is 2. The summed E-state index contributed by atoms with van der Waals surface area (Å²) in [4.78, 5) is 81.2. The van der Waals surface area contributed by atoms with Crippen LogP contribution in [0.4, 0.5) is 0 Å². The third-order valence-corrected chi connectivity index (χ3v) is 9.22. The Kier molecular flexibility index (Phi) is 8.38. The molecule has 0 aromatic heterocycles. The van der Waals surface area contributed by atoms with Gasteiger partial charge in [-0.25, -0.2) is 4.79 Å². The molecular weight excluding hydrogens is 602 g/mol. The molecule has 0 unspecified atom stereocenters. The van der Waals surface area contributed by atoms with E-state index in [0.717, 1.165) is 19.3 Å². The van der Waals surface area contributed by atoms with E-state index in [4.69, 9.17) is 19.0 Å². The second-order valence-electron chi connectivity index (χ2n) is 11.9. The highest BCUT2D eigenvalue weighted by Gasteiger charge is 2.42. The van der Waals surface area contributed by atoms with Crippen molar-refractivity contribution in [3.8, 4) is 17.2 Å². The van der Waals surface area contributed by atoms with Crippen LogP contribution in [0, 0.1) is 5.92 Å². The zero-order valence-corrected chi connectivity index (χ0v) is 25.2. The van der Waals surface area contributed by atoms with Crippen LogP contribution in [0.1, 0.15) is 94.3 Å². The molecule has 2 N–H and O–H groups in total. The normalized spacial score (nSPS) is 20.2. The molecule has 0 bridgehead atoms. The van der Waals surface area contributed by atoms with Crippen LogP contribution in [0.5, 0.6) is 17.2 Å². The predicted molar refractivity (Wildman–Crippen MR) is 155 cm³/mol. The molecule has 1 saturated heterocycles. The highest BCUT2D eigenvalue weighted by atomic mass is 16.7. The minimum atomic E-state index is -1.25. The van der Waals surface area contributed by atoms with Crippen molar-refractivity contribution in [1.82, 2.24) is 5.06 Å². The molecule has 1 atom stereocenters. The van der Waals surface area contributed by atoms with Gasteiger partial charge in [0.15, 0.2) is 24.0 Å². The van der Waals surface area contributed by atoms with Gasteiger partial charge in [0.05, 0.1) is 23.8 Å². The topological polar surface area (TPSA) is 183 Å². The van der Waals surface area contributed by atoms with Crippen LogP contribution in [0.2, 0.25) is 0 Å². The lowest BCUT2D eigenvalue weighted by atomic mass is 9.75. The SMILES string of the molecule is COc1cccc2c1C(=O)c1c(O)c3c(c(O)c1C2=O)C[C@@H](C(=O)COC1(OCC(=O)ON2C(=O)CCC2=O)CCCCC1)CC3. The van der Waals surface area contributed by atoms with E-state index >= 15 is 0 Å². The number of carbonyl (C=O) groups excluding carboxylic acids is 6. The molecule has 4 aliphatic rings. The highest BCUT2D eigenvalue weighted by Crippen LogP contribution is 2.47. The van der Waals surface area contributed by atoms with E-state index in [0.29, 0.717) is 29.9 Å². The molecule has 13 nitrogen and oxygen atoms in total. The first kappa shape index (κ1) is 31.4. The average Bonchev–Trinajstić information content (AvgIpc) is 3.38. The lowest BCUT2D eigenvalue weighted by molar-refractivity contribution is -0.256. The van der Waals surface area contributed by atoms with Gasteiger partial charge in [0, 0.05) is 48.3 Å². The second kappa shape index (κ2) is 12.3. The smallest absolute Gasteiger partial charge is 0.358 e. The van der Waals surface area contributed by atoms with Gasteiger partial charge < -0.3 is 29.3 Å². The molecule has 2 aromatic carbocycles. The van der Waals surface area contributed by atoms with E-state index in [1.165, 1.54) is 19.2 Å². The van der Waals surface area contributed by atoms with Crippen molar-refractivity contribution in [3.63, 3.8) is 0 Å². The number of phenols is 2. The van der Waals surface area contributed by atoms with Gasteiger partial charge in [-0.15, -0.1) is 5.06 Å². The minimum Gasteiger partial charge on any atom is -0.507 e. The van der Waals surface area contributed by atoms with Crippen LogP contribution in [0.25, 0.3) is 0 Å². The maximum absolute atomic E-state index is 13.5. The second-order valence-corrected chi connectivity index (χ2v) is 11.9. The van der Waals surface area contributed by atoms with Crippen molar-refractivity contribution < 1.29 is 58.0 Å². The van der Waals surface area contributed by atoms with Crippen molar-refractivity contribution in [2.75, 3.05) is 20.3 Å². The zero-order chi connectivity index (χ0) is 32.7. The third kappa shape index (κ3) is 5.43. The molecule has 2 amide bonds. The summed E-state index contributed by atoms with van der Waals surface area (Å²) in [5, 5.41) is 23.0. The molecule has 13 heteroatoms. The number of hydrogen-bond donors (Lipinski definition) is 2. The molecule has 2 aromatic rings. The molecule has 1 heterocycles. The fraction of sp³-hybridized carbons (Fsp3) is 0.455. The summed E-state index contributed by atoms with van der Waals surface area (Å²) in [6, 6.07) is 4.55. The van der Waals surface area contributed by atoms with E-state index in [9.17, 15) is 39.0 Å². The number of rotatable bonds is 9. The number of methoxy groups -OCH3 is 1. The number of ether oxygens (including phenoxy) is 3. The monoisotopic (exact) mass is 635 g/mol. The van der Waals surface area contributed by atoms with E-state index in [2.05, 4.69) is 0 Å². The Hall–Kier alpha value is -4.62. The molecule has 1 aliphatic heterocycles. The van der Waals surface area contributed by atoms with Gasteiger partial charge in [-0.3, -0.25) is 24.0 Å². The number of ketones is 3. The summed E-state index contributed by atoms with van der Waals surface area (Å²) in [6.07, 6.45) is 3.57. The molecule has 46 heavy (non-hydrogen) atoms. The Balaban J connectivity index is 1.16. The first-order chi connectivity index (χ1) is 22.0. The number of imide groups is 1. The van der Waals surface area contributed by atoms with Crippen molar-refractivity contribution in [2.45, 2.75) is 70.0 Å². The van der Waals surface area contributed by atoms with Gasteiger partial charge in [-0.1, -0.05) is 18.6 Å². The van der Waals surface area contributed by atoms with Gasteiger partial charge in [0.1, 0.15) is 23.9 Å². The Morgan fingerprint density at radius 3 is 2.20 bits per heavy atom. The van der Waals surface area contributed by atoms with E-state index in [-0.39, 0.29) is 71.6 Å². The number of hydroxylamine groups is 2. The number of hydrogen-bond acceptors (Lipinski definition) is 12. The molecular formula is C33H33NO12. The molecule has 6 rings (SSSR count). The lowest BCUT2D eigenvalue weighted by Crippen LogP contribution is -2.43. The lowest BCUT2D eigenvalue weighted by Gasteiger charge is -2.37. The third-order valence-electron chi connectivity index (χ3n) is 9.22. The fourth-order valence-corrected chi connectivity index (χ4v) is 6.80. The quantitative estimate of drug-likeness (QED) is 0.200. The van der Waals surface area contributed by atoms with E-state index in [1.54, 1.807) is 6.07 Å². The van der Waals surface area contributed by atoms with Crippen LogP contribution in [-0.4, -0.2) is 76.5 Å². The van der Waals surface area contributed by atoms with Crippen LogP contribution < -0.4 is 4.74 Å². The van der Waals surface area contributed by atoms with Crippen LogP contribution in [-0.2, 0) is 46.3 Å². The summed E-state index contributed by atoms with van der Waals surface area (Å²) in [7, 11) is 1.37. The number of Topliss-reactive ketones (excluding diaryl/α,β-unsaturated/α-hetero) is 1. The van der Waals surface area contributed by atoms with Crippen molar-refractivity contribution in [2.24, 2.45) is 5.92 Å². The zero-order valence-electron chi connectivity index (χ0n) is 25.2. The van der Waals surface area contributed by atoms with Crippen LogP contribution in [0.15, 0.2) is 18.2 Å². The summed E-state index contributed by atoms with van der Waals surface area (Å²) in [5.74, 6) is -6.26. The number of nitrogens with zero attached hydrogens (tertiary/aromatic N) is 1. The summed E-state index contributed by atoms with van der Waals surface area (Å²) in [6.45, 7) is -0.956. The predicted octanol–water partition coefficient (Wildman–Crippen LogP) is 2.86. The van der Waals surface area contributed by atoms with Crippen molar-refractivity contribution in [3.05, 3.63) is 51.6 Å². The largest absolute Gasteiger partial charge is 0.507 e. The van der Waals surface area contributed by atoms with Crippen molar-refractivity contribution >= 4 is 35.1 Å². The number of amides is 2. The summed E-state index contributed by atoms with van der Waals surface area (Å²) in [5.41, 5.74) is 0.0174. The van der Waals surface area contributed by atoms with Gasteiger partial charge in [0.25, 0.3) is 11.8 Å². The highest BCUT2D eigenvalue weighted by molar-refractivity contribution is 6.31. The minimum absolute atomic E-state index is 0.00864. The van der Waals surface area contributed by atoms with Gasteiger partial charge >= 0.3 is 5.97 Å². The van der Waals surface area contributed by atoms with Gasteiger partial charge in [0.2, 0.25) is 5.78 Å². The maximum atomic E-state index is 13.5. The van der Waals surface area contributed by atoms with Crippen molar-refractivity contribution in [1.29, 1.82) is 0 Å². The molecule has 2 fully saturated rings. The van der Waals surface area contributed by atoms with Crippen LogP contribution >= 0.6 is 0 Å². The number of fused-ring (bicyclic) bond motifs is 3. The molecule has 0 spiro atoms. The number of benzene rings is 2. The van der Waals surface area contributed by atoms with Gasteiger partial charge in [-0.05, 0) is 38.2 Å². The Morgan fingerprint density at radius 1 is 0.848 bits per heavy atom. The molecule has 3 aliphatic carbocycles. The number of carbonyl (C=O) groups is 6. The Bertz CT molecular complexity index is 1660. The number of phenolic OH excluding ortho intramolecular Hbond substituents is 2. The standard InChI is InChI=1S/C33H33NO12/c1-43-22-7-5-6-19-26(22)32(42)28-27(30(19)40)31(41)20-14-17(8-9-18(20)29(28)39)21(35)15-44-33(12-3-2-4-13-33)45-16-25(38)46-34-23(36)10-11-24(34)37/h5-7,17,39,41H,2-4,8-16H2,1H3/t17-/m0/s1. The average molecular weight is 636 g/mol. The molecule has 242 valence electrons.